The smallest absolute Gasteiger partial charge is 0.300 e. The highest BCUT2D eigenvalue weighted by Gasteiger charge is 2.29. The average molecular weight is 339 g/mol. The van der Waals surface area contributed by atoms with Crippen LogP contribution in [-0.4, -0.2) is 9.85 Å². The molecule has 118 valence electrons. The van der Waals surface area contributed by atoms with Crippen molar-refractivity contribution >= 4 is 45.3 Å². The summed E-state index contributed by atoms with van der Waals surface area (Å²) in [4.78, 5) is 22.5. The zero-order chi connectivity index (χ0) is 16.8. The predicted molar refractivity (Wildman–Crippen MR) is 91.1 cm³/mol. The van der Waals surface area contributed by atoms with Crippen LogP contribution in [0.25, 0.3) is 10.8 Å². The van der Waals surface area contributed by atoms with Gasteiger partial charge in [0.1, 0.15) is 5.69 Å². The fourth-order valence-corrected chi connectivity index (χ4v) is 3.92. The number of non-ortho nitro benzene ring substituents is 1. The van der Waals surface area contributed by atoms with E-state index in [-0.39, 0.29) is 11.4 Å². The van der Waals surface area contributed by atoms with E-state index in [1.165, 1.54) is 17.8 Å². The average Bonchev–Trinajstić information content (AvgIpc) is 2.58. The van der Waals surface area contributed by atoms with Gasteiger partial charge in [-0.1, -0.05) is 42.1 Å². The van der Waals surface area contributed by atoms with Gasteiger partial charge in [0.05, 0.1) is 21.6 Å². The maximum absolute atomic E-state index is 11.3. The number of nitro groups is 2. The lowest BCUT2D eigenvalue weighted by atomic mass is 10.1. The van der Waals surface area contributed by atoms with E-state index >= 15 is 0 Å². The van der Waals surface area contributed by atoms with Crippen LogP contribution in [0, 0.1) is 20.2 Å². The molecule has 0 aliphatic carbocycles. The van der Waals surface area contributed by atoms with Gasteiger partial charge in [0.2, 0.25) is 0 Å². The number of hydrogen-bond acceptors (Lipinski definition) is 6. The molecule has 1 aliphatic rings. The second kappa shape index (κ2) is 5.20. The number of nitrogens with zero attached hydrogens (tertiary/aromatic N) is 2. The van der Waals surface area contributed by atoms with Crippen molar-refractivity contribution in [3.05, 3.63) is 68.8 Å². The summed E-state index contributed by atoms with van der Waals surface area (Å²) in [7, 11) is 0. The molecule has 3 aromatic rings. The molecule has 0 amide bonds. The lowest BCUT2D eigenvalue weighted by Crippen LogP contribution is -2.05. The highest BCUT2D eigenvalue weighted by Crippen LogP contribution is 2.51. The first kappa shape index (κ1) is 14.5. The molecular weight excluding hydrogens is 330 g/mol. The standard InChI is InChI=1S/C16H9N3O4S/c20-18(21)10-7-13(19(22)23)15-14(8-10)24-16-11-4-2-1-3-9(11)5-6-12(16)17-15/h1-8,17H. The summed E-state index contributed by atoms with van der Waals surface area (Å²) in [6, 6.07) is 13.9. The third-order valence-electron chi connectivity index (χ3n) is 3.82. The van der Waals surface area contributed by atoms with Crippen LogP contribution in [0.4, 0.5) is 22.7 Å². The minimum absolute atomic E-state index is 0.290. The highest BCUT2D eigenvalue weighted by atomic mass is 32.2. The van der Waals surface area contributed by atoms with Gasteiger partial charge in [0.15, 0.2) is 0 Å². The Bertz CT molecular complexity index is 1040. The molecule has 0 bridgehead atoms. The number of hydrogen-bond donors (Lipinski definition) is 1. The van der Waals surface area contributed by atoms with E-state index in [0.717, 1.165) is 27.4 Å². The Morgan fingerprint density at radius 1 is 0.958 bits per heavy atom. The minimum Gasteiger partial charge on any atom is -0.348 e. The maximum Gasteiger partial charge on any atom is 0.300 e. The van der Waals surface area contributed by atoms with Crippen LogP contribution in [0.2, 0.25) is 0 Å². The van der Waals surface area contributed by atoms with Gasteiger partial charge < -0.3 is 5.32 Å². The van der Waals surface area contributed by atoms with Crippen LogP contribution in [0.15, 0.2) is 58.3 Å². The van der Waals surface area contributed by atoms with Gasteiger partial charge in [-0.2, -0.15) is 0 Å². The van der Waals surface area contributed by atoms with Crippen molar-refractivity contribution in [3.8, 4) is 0 Å². The number of benzene rings is 3. The number of nitrogens with one attached hydrogen (secondary N) is 1. The molecule has 7 nitrogen and oxygen atoms in total. The van der Waals surface area contributed by atoms with Crippen LogP contribution in [0.1, 0.15) is 0 Å². The molecule has 0 unspecified atom stereocenters. The Morgan fingerprint density at radius 3 is 2.50 bits per heavy atom. The Hall–Kier alpha value is -3.13. The number of nitro benzene ring substituents is 2. The van der Waals surface area contributed by atoms with Gasteiger partial charge in [0.25, 0.3) is 5.69 Å². The zero-order valence-electron chi connectivity index (χ0n) is 12.1. The van der Waals surface area contributed by atoms with E-state index in [2.05, 4.69) is 5.32 Å². The van der Waals surface area contributed by atoms with Gasteiger partial charge in [-0.15, -0.1) is 0 Å². The van der Waals surface area contributed by atoms with E-state index in [1.54, 1.807) is 0 Å². The van der Waals surface area contributed by atoms with Crippen molar-refractivity contribution in [1.82, 2.24) is 0 Å². The summed E-state index contributed by atoms with van der Waals surface area (Å²) >= 11 is 1.30. The summed E-state index contributed by atoms with van der Waals surface area (Å²) in [6.07, 6.45) is 0. The van der Waals surface area contributed by atoms with E-state index in [1.807, 2.05) is 36.4 Å². The topological polar surface area (TPSA) is 98.3 Å². The third-order valence-corrected chi connectivity index (χ3v) is 5.01. The Morgan fingerprint density at radius 2 is 1.75 bits per heavy atom. The second-order valence-corrected chi connectivity index (χ2v) is 6.29. The van der Waals surface area contributed by atoms with Crippen LogP contribution in [0.3, 0.4) is 0 Å². The molecule has 0 atom stereocenters. The predicted octanol–water partition coefficient (Wildman–Crippen LogP) is 4.86. The summed E-state index contributed by atoms with van der Waals surface area (Å²) in [6.45, 7) is 0. The number of anilines is 2. The first-order valence-corrected chi connectivity index (χ1v) is 7.79. The number of fused-ring (bicyclic) bond motifs is 4. The lowest BCUT2D eigenvalue weighted by molar-refractivity contribution is -0.393. The molecule has 1 N–H and O–H groups in total. The van der Waals surface area contributed by atoms with Crippen molar-refractivity contribution in [1.29, 1.82) is 0 Å². The fraction of sp³-hybridized carbons (Fsp3) is 0. The van der Waals surface area contributed by atoms with Crippen molar-refractivity contribution in [2.45, 2.75) is 9.79 Å². The van der Waals surface area contributed by atoms with Crippen LogP contribution in [-0.2, 0) is 0 Å². The fourth-order valence-electron chi connectivity index (χ4n) is 2.74. The normalized spacial score (nSPS) is 12.2. The number of rotatable bonds is 2. The van der Waals surface area contributed by atoms with Crippen molar-refractivity contribution in [2.75, 3.05) is 5.32 Å². The molecule has 4 rings (SSSR count). The molecule has 0 spiro atoms. The molecule has 8 heteroatoms. The molecule has 1 aliphatic heterocycles. The van der Waals surface area contributed by atoms with E-state index in [4.69, 9.17) is 0 Å². The van der Waals surface area contributed by atoms with E-state index < -0.39 is 9.85 Å². The highest BCUT2D eigenvalue weighted by molar-refractivity contribution is 8.00. The van der Waals surface area contributed by atoms with Crippen molar-refractivity contribution < 1.29 is 9.85 Å². The molecule has 3 aromatic carbocycles. The maximum atomic E-state index is 11.3. The van der Waals surface area contributed by atoms with Crippen molar-refractivity contribution in [3.63, 3.8) is 0 Å². The first-order chi connectivity index (χ1) is 11.5. The molecule has 0 radical (unpaired) electrons. The summed E-state index contributed by atoms with van der Waals surface area (Å²) in [5.74, 6) is 0. The van der Waals surface area contributed by atoms with Gasteiger partial charge in [-0.05, 0) is 16.8 Å². The first-order valence-electron chi connectivity index (χ1n) is 6.98. The summed E-state index contributed by atoms with van der Waals surface area (Å²) in [5.41, 5.74) is 0.450. The second-order valence-electron chi connectivity index (χ2n) is 5.24. The van der Waals surface area contributed by atoms with E-state index in [0.29, 0.717) is 10.6 Å². The molecular formula is C16H9N3O4S. The molecule has 0 aromatic heterocycles. The van der Waals surface area contributed by atoms with Crippen molar-refractivity contribution in [2.24, 2.45) is 0 Å². The quantitative estimate of drug-likeness (QED) is 0.413. The SMILES string of the molecule is O=[N+]([O-])c1cc2c(c([N+](=O)[O-])c1)Nc1ccc3ccccc3c1S2. The third kappa shape index (κ3) is 2.16. The van der Waals surface area contributed by atoms with Gasteiger partial charge in [-0.25, -0.2) is 0 Å². The lowest BCUT2D eigenvalue weighted by Gasteiger charge is -2.21. The van der Waals surface area contributed by atoms with Gasteiger partial charge in [0, 0.05) is 15.9 Å². The minimum atomic E-state index is -0.619. The van der Waals surface area contributed by atoms with E-state index in [9.17, 15) is 20.2 Å². The van der Waals surface area contributed by atoms with Crippen LogP contribution >= 0.6 is 11.8 Å². The Labute approximate surface area is 139 Å². The van der Waals surface area contributed by atoms with Gasteiger partial charge in [-0.3, -0.25) is 20.2 Å². The monoisotopic (exact) mass is 339 g/mol. The summed E-state index contributed by atoms with van der Waals surface area (Å²) < 4.78 is 0. The van der Waals surface area contributed by atoms with Gasteiger partial charge >= 0.3 is 5.69 Å². The van der Waals surface area contributed by atoms with Crippen LogP contribution < -0.4 is 5.32 Å². The summed E-state index contributed by atoms with van der Waals surface area (Å²) in [5, 5.41) is 27.5. The molecule has 24 heavy (non-hydrogen) atoms. The largest absolute Gasteiger partial charge is 0.348 e. The molecule has 0 saturated heterocycles. The zero-order valence-corrected chi connectivity index (χ0v) is 12.9. The molecule has 0 saturated carbocycles. The van der Waals surface area contributed by atoms with Crippen LogP contribution in [0.5, 0.6) is 0 Å². The molecule has 0 fully saturated rings. The Balaban J connectivity index is 1.95. The molecule has 1 heterocycles. The Kier molecular flexibility index (Phi) is 3.14.